The fraction of sp³-hybridized carbons (Fsp3) is 0.269. The van der Waals surface area contributed by atoms with E-state index in [1.54, 1.807) is 66.9 Å². The van der Waals surface area contributed by atoms with Gasteiger partial charge in [0.15, 0.2) is 5.54 Å². The first-order valence-electron chi connectivity index (χ1n) is 11.4. The van der Waals surface area contributed by atoms with Crippen LogP contribution in [0, 0.1) is 0 Å². The Kier molecular flexibility index (Phi) is 6.27. The molecule has 1 aromatic heterocycles. The average molecular weight is 478 g/mol. The highest BCUT2D eigenvalue weighted by molar-refractivity contribution is 6.01. The molecule has 1 amide bonds. The lowest BCUT2D eigenvalue weighted by atomic mass is 9.76. The summed E-state index contributed by atoms with van der Waals surface area (Å²) in [6.45, 7) is 3.21. The van der Waals surface area contributed by atoms with Gasteiger partial charge in [0, 0.05) is 24.9 Å². The van der Waals surface area contributed by atoms with Gasteiger partial charge in [-0.1, -0.05) is 48.5 Å². The molecule has 180 valence electrons. The molecule has 5 rings (SSSR count). The van der Waals surface area contributed by atoms with Crippen molar-refractivity contribution in [3.63, 3.8) is 0 Å². The third-order valence-corrected chi connectivity index (χ3v) is 6.41. The van der Waals surface area contributed by atoms with E-state index < -0.39 is 23.4 Å². The molecular formula is C26H25F2N5O2. The highest BCUT2D eigenvalue weighted by atomic mass is 19.3. The van der Waals surface area contributed by atoms with Crippen LogP contribution in [0.15, 0.2) is 72.4 Å². The number of carbonyl (C=O) groups is 1. The summed E-state index contributed by atoms with van der Waals surface area (Å²) in [4.78, 5) is 26.2. The smallest absolute Gasteiger partial charge is 0.263 e. The van der Waals surface area contributed by atoms with Gasteiger partial charge < -0.3 is 15.4 Å². The molecule has 1 atom stereocenters. The van der Waals surface area contributed by atoms with Gasteiger partial charge in [-0.25, -0.2) is 18.7 Å². The van der Waals surface area contributed by atoms with E-state index in [4.69, 9.17) is 15.5 Å². The van der Waals surface area contributed by atoms with E-state index in [2.05, 4.69) is 9.88 Å². The fourth-order valence-corrected chi connectivity index (χ4v) is 4.83. The molecule has 3 heterocycles. The molecule has 0 saturated carbocycles. The van der Waals surface area contributed by atoms with E-state index in [-0.39, 0.29) is 0 Å². The molecule has 3 aromatic rings. The van der Waals surface area contributed by atoms with Crippen LogP contribution < -0.4 is 10.6 Å². The molecule has 2 aliphatic rings. The van der Waals surface area contributed by atoms with Crippen LogP contribution in [0.5, 0.6) is 0 Å². The molecule has 7 nitrogen and oxygen atoms in total. The Morgan fingerprint density at radius 1 is 1.06 bits per heavy atom. The first kappa shape index (κ1) is 23.1. The van der Waals surface area contributed by atoms with Crippen LogP contribution in [0.25, 0.3) is 6.08 Å². The summed E-state index contributed by atoms with van der Waals surface area (Å²) < 4.78 is 34.8. The zero-order valence-electron chi connectivity index (χ0n) is 19.0. The lowest BCUT2D eigenvalue weighted by molar-refractivity contribution is -0.122. The molecular weight excluding hydrogens is 452 g/mol. The summed E-state index contributed by atoms with van der Waals surface area (Å²) in [5.74, 6) is -0.0934. The van der Waals surface area contributed by atoms with Crippen molar-refractivity contribution in [3.8, 4) is 0 Å². The van der Waals surface area contributed by atoms with Gasteiger partial charge in [-0.3, -0.25) is 9.69 Å². The van der Waals surface area contributed by atoms with Crippen LogP contribution in [-0.2, 0) is 21.6 Å². The minimum atomic E-state index is -2.94. The average Bonchev–Trinajstić information content (AvgIpc) is 2.88. The van der Waals surface area contributed by atoms with Gasteiger partial charge in [0.1, 0.15) is 11.6 Å². The molecule has 1 saturated heterocycles. The number of aromatic nitrogens is 2. The predicted molar refractivity (Wildman–Crippen MR) is 128 cm³/mol. The highest BCUT2D eigenvalue weighted by Crippen LogP contribution is 2.50. The predicted octanol–water partition coefficient (Wildman–Crippen LogP) is 3.49. The summed E-state index contributed by atoms with van der Waals surface area (Å²) in [7, 11) is 0. The molecule has 9 heteroatoms. The third kappa shape index (κ3) is 4.06. The number of fused-ring (bicyclic) bond motifs is 1. The Bertz CT molecular complexity index is 1250. The SMILES string of the molecule is NC(=O)C1(c2ccccc2)C(C(F)F)=Cc2ccccc2N1c1ccnc(CN2CCOCC2)n1. The zero-order valence-corrected chi connectivity index (χ0v) is 19.0. The second-order valence-corrected chi connectivity index (χ2v) is 8.45. The van der Waals surface area contributed by atoms with Crippen molar-refractivity contribution in [1.29, 1.82) is 0 Å². The number of rotatable bonds is 6. The standard InChI is InChI=1S/C26H25F2N5O2/c27-24(28)20-16-18-6-4-5-9-21(18)33(26(20,25(29)34)19-7-2-1-3-8-19)23-10-11-30-22(31-23)17-32-12-14-35-15-13-32/h1-11,16,24H,12-15,17H2,(H2,29,34). The number of carbonyl (C=O) groups excluding carboxylic acids is 1. The van der Waals surface area contributed by atoms with Gasteiger partial charge >= 0.3 is 0 Å². The molecule has 35 heavy (non-hydrogen) atoms. The topological polar surface area (TPSA) is 84.6 Å². The molecule has 1 unspecified atom stereocenters. The fourth-order valence-electron chi connectivity index (χ4n) is 4.83. The second kappa shape index (κ2) is 9.52. The Labute approximate surface area is 201 Å². The Morgan fingerprint density at radius 3 is 2.49 bits per heavy atom. The maximum atomic E-state index is 14.7. The van der Waals surface area contributed by atoms with E-state index in [0.29, 0.717) is 48.2 Å². The number of morpholine rings is 1. The van der Waals surface area contributed by atoms with Crippen molar-refractivity contribution in [2.75, 3.05) is 31.2 Å². The zero-order chi connectivity index (χ0) is 24.4. The number of benzene rings is 2. The van der Waals surface area contributed by atoms with Crippen LogP contribution >= 0.6 is 0 Å². The highest BCUT2D eigenvalue weighted by Gasteiger charge is 2.54. The number of hydrogen-bond acceptors (Lipinski definition) is 6. The van der Waals surface area contributed by atoms with Gasteiger partial charge in [0.05, 0.1) is 25.4 Å². The number of amides is 1. The minimum Gasteiger partial charge on any atom is -0.379 e. The second-order valence-electron chi connectivity index (χ2n) is 8.45. The number of anilines is 2. The molecule has 2 N–H and O–H groups in total. The van der Waals surface area contributed by atoms with Crippen LogP contribution in [0.3, 0.4) is 0 Å². The van der Waals surface area contributed by atoms with E-state index in [0.717, 1.165) is 13.1 Å². The number of ether oxygens (including phenoxy) is 1. The van der Waals surface area contributed by atoms with Crippen molar-refractivity contribution in [2.24, 2.45) is 5.73 Å². The number of alkyl halides is 2. The molecule has 1 fully saturated rings. The van der Waals surface area contributed by atoms with Crippen LogP contribution in [0.2, 0.25) is 0 Å². The van der Waals surface area contributed by atoms with Crippen LogP contribution in [0.1, 0.15) is 17.0 Å². The van der Waals surface area contributed by atoms with Gasteiger partial charge in [-0.2, -0.15) is 0 Å². The summed E-state index contributed by atoms with van der Waals surface area (Å²) >= 11 is 0. The number of nitrogens with zero attached hydrogens (tertiary/aromatic N) is 4. The van der Waals surface area contributed by atoms with E-state index in [1.807, 2.05) is 0 Å². The van der Waals surface area contributed by atoms with E-state index in [9.17, 15) is 13.6 Å². The van der Waals surface area contributed by atoms with Gasteiger partial charge in [0.2, 0.25) is 0 Å². The molecule has 0 bridgehead atoms. The van der Waals surface area contributed by atoms with Gasteiger partial charge in [0.25, 0.3) is 12.3 Å². The normalized spacial score (nSPS) is 20.4. The third-order valence-electron chi connectivity index (χ3n) is 6.41. The summed E-state index contributed by atoms with van der Waals surface area (Å²) in [6.07, 6.45) is 0.00953. The van der Waals surface area contributed by atoms with Crippen molar-refractivity contribution < 1.29 is 18.3 Å². The maximum Gasteiger partial charge on any atom is 0.263 e. The van der Waals surface area contributed by atoms with E-state index in [1.165, 1.54) is 11.0 Å². The molecule has 2 aromatic carbocycles. The van der Waals surface area contributed by atoms with E-state index >= 15 is 0 Å². The minimum absolute atomic E-state index is 0.310. The van der Waals surface area contributed by atoms with Gasteiger partial charge in [-0.15, -0.1) is 0 Å². The lowest BCUT2D eigenvalue weighted by Gasteiger charge is -2.47. The number of halogens is 2. The monoisotopic (exact) mass is 477 g/mol. The molecule has 0 radical (unpaired) electrons. The van der Waals surface area contributed by atoms with Crippen molar-refractivity contribution >= 4 is 23.5 Å². The summed E-state index contributed by atoms with van der Waals surface area (Å²) in [5, 5.41) is 0. The Morgan fingerprint density at radius 2 is 1.77 bits per heavy atom. The number of primary amides is 1. The van der Waals surface area contributed by atoms with Gasteiger partial charge in [-0.05, 0) is 29.3 Å². The largest absolute Gasteiger partial charge is 0.379 e. The Balaban J connectivity index is 1.72. The van der Waals surface area contributed by atoms with Crippen molar-refractivity contribution in [3.05, 3.63) is 89.4 Å². The molecule has 0 aliphatic carbocycles. The number of nitrogens with two attached hydrogens (primary N) is 1. The van der Waals surface area contributed by atoms with Crippen molar-refractivity contribution in [1.82, 2.24) is 14.9 Å². The molecule has 0 spiro atoms. The summed E-state index contributed by atoms with van der Waals surface area (Å²) in [5.41, 5.74) is 5.07. The number of hydrogen-bond donors (Lipinski definition) is 1. The Hall–Kier alpha value is -3.69. The quantitative estimate of drug-likeness (QED) is 0.585. The van der Waals surface area contributed by atoms with Crippen LogP contribution in [0.4, 0.5) is 20.3 Å². The van der Waals surface area contributed by atoms with Crippen LogP contribution in [-0.4, -0.2) is 53.5 Å². The molecule has 2 aliphatic heterocycles. The van der Waals surface area contributed by atoms with Crippen molar-refractivity contribution in [2.45, 2.75) is 18.5 Å². The summed E-state index contributed by atoms with van der Waals surface area (Å²) in [6, 6.07) is 17.1. The first-order chi connectivity index (χ1) is 17.0. The number of para-hydroxylation sites is 1. The lowest BCUT2D eigenvalue weighted by Crippen LogP contribution is -2.57. The first-order valence-corrected chi connectivity index (χ1v) is 11.4. The maximum absolute atomic E-state index is 14.7.